The van der Waals surface area contributed by atoms with Gasteiger partial charge in [0.05, 0.1) is 17.8 Å². The quantitative estimate of drug-likeness (QED) is 0.761. The van der Waals surface area contributed by atoms with E-state index in [1.807, 2.05) is 33.8 Å². The first-order chi connectivity index (χ1) is 11.3. The number of aromatic amines is 1. The van der Waals surface area contributed by atoms with E-state index in [0.29, 0.717) is 0 Å². The molecule has 3 aromatic rings. The number of aryl methyl sites for hydroxylation is 4. The summed E-state index contributed by atoms with van der Waals surface area (Å²) < 4.78 is 13.5. The molecule has 2 aromatic heterocycles. The highest BCUT2D eigenvalue weighted by Crippen LogP contribution is 2.25. The maximum absolute atomic E-state index is 13.5. The molecular formula is C19H20FN3O. The topological polar surface area (TPSA) is 57.8 Å². The van der Waals surface area contributed by atoms with Gasteiger partial charge in [-0.1, -0.05) is 0 Å². The molecule has 0 aliphatic carbocycles. The van der Waals surface area contributed by atoms with Crippen LogP contribution in [0.25, 0.3) is 10.9 Å². The Kier molecular flexibility index (Phi) is 4.09. The number of anilines is 1. The molecule has 4 nitrogen and oxygen atoms in total. The van der Waals surface area contributed by atoms with Crippen molar-refractivity contribution in [1.82, 2.24) is 9.97 Å². The highest BCUT2D eigenvalue weighted by molar-refractivity contribution is 5.97. The van der Waals surface area contributed by atoms with Gasteiger partial charge in [-0.25, -0.2) is 4.39 Å². The van der Waals surface area contributed by atoms with E-state index in [2.05, 4.69) is 15.3 Å². The number of fused-ring (bicyclic) bond motifs is 1. The van der Waals surface area contributed by atoms with Gasteiger partial charge in [0.25, 0.3) is 0 Å². The van der Waals surface area contributed by atoms with Crippen LogP contribution in [0.15, 0.2) is 24.3 Å². The number of nitrogens with one attached hydrogen (secondary N) is 2. The molecule has 0 aliphatic rings. The second kappa shape index (κ2) is 6.07. The van der Waals surface area contributed by atoms with Crippen LogP contribution in [0, 0.1) is 33.5 Å². The molecule has 0 unspecified atom stereocenters. The highest BCUT2D eigenvalue weighted by atomic mass is 19.1. The van der Waals surface area contributed by atoms with E-state index in [4.69, 9.17) is 0 Å². The zero-order valence-electron chi connectivity index (χ0n) is 14.2. The van der Waals surface area contributed by atoms with Gasteiger partial charge in [0.2, 0.25) is 5.91 Å². The predicted octanol–water partition coefficient (Wildman–Crippen LogP) is 4.12. The van der Waals surface area contributed by atoms with E-state index < -0.39 is 0 Å². The van der Waals surface area contributed by atoms with Crippen molar-refractivity contribution in [3.8, 4) is 0 Å². The molecule has 2 N–H and O–H groups in total. The molecule has 124 valence electrons. The molecule has 3 rings (SSSR count). The minimum atomic E-state index is -0.308. The third-order valence-corrected chi connectivity index (χ3v) is 4.21. The molecule has 0 spiro atoms. The number of hydrogen-bond acceptors (Lipinski definition) is 2. The number of benzene rings is 1. The molecule has 24 heavy (non-hydrogen) atoms. The molecule has 0 fully saturated rings. The molecule has 2 heterocycles. The molecule has 0 radical (unpaired) electrons. The summed E-state index contributed by atoms with van der Waals surface area (Å²) >= 11 is 0. The number of nitrogens with zero attached hydrogens (tertiary/aromatic N) is 1. The van der Waals surface area contributed by atoms with Crippen LogP contribution in [-0.4, -0.2) is 15.9 Å². The number of rotatable bonds is 3. The Morgan fingerprint density at radius 1 is 1.21 bits per heavy atom. The monoisotopic (exact) mass is 325 g/mol. The Labute approximate surface area is 140 Å². The maximum atomic E-state index is 13.5. The van der Waals surface area contributed by atoms with Crippen LogP contribution in [0.4, 0.5) is 10.1 Å². The lowest BCUT2D eigenvalue weighted by molar-refractivity contribution is -0.115. The summed E-state index contributed by atoms with van der Waals surface area (Å²) in [7, 11) is 0. The lowest BCUT2D eigenvalue weighted by Gasteiger charge is -2.12. The summed E-state index contributed by atoms with van der Waals surface area (Å²) in [6, 6.07) is 6.50. The Morgan fingerprint density at radius 3 is 2.67 bits per heavy atom. The minimum Gasteiger partial charge on any atom is -0.358 e. The van der Waals surface area contributed by atoms with Crippen molar-refractivity contribution in [1.29, 1.82) is 0 Å². The third kappa shape index (κ3) is 3.02. The highest BCUT2D eigenvalue weighted by Gasteiger charge is 2.15. The summed E-state index contributed by atoms with van der Waals surface area (Å²) in [5.74, 6) is -0.447. The zero-order chi connectivity index (χ0) is 17.4. The molecule has 0 saturated heterocycles. The SMILES string of the molecule is Cc1cc(C)c(NC(=O)Cc2c(C)[nH]c3ccc(F)cc23)c(C)n1. The van der Waals surface area contributed by atoms with Crippen molar-refractivity contribution >= 4 is 22.5 Å². The lowest BCUT2D eigenvalue weighted by Crippen LogP contribution is -2.17. The van der Waals surface area contributed by atoms with Gasteiger partial charge < -0.3 is 10.3 Å². The van der Waals surface area contributed by atoms with Gasteiger partial charge in [-0.2, -0.15) is 0 Å². The van der Waals surface area contributed by atoms with Crippen molar-refractivity contribution in [2.45, 2.75) is 34.1 Å². The zero-order valence-corrected chi connectivity index (χ0v) is 14.2. The Hall–Kier alpha value is -2.69. The molecule has 0 aliphatic heterocycles. The molecule has 1 aromatic carbocycles. The smallest absolute Gasteiger partial charge is 0.228 e. The minimum absolute atomic E-state index is 0.139. The van der Waals surface area contributed by atoms with E-state index in [0.717, 1.165) is 44.8 Å². The fraction of sp³-hybridized carbons (Fsp3) is 0.263. The second-order valence-electron chi connectivity index (χ2n) is 6.18. The Bertz CT molecular complexity index is 920. The molecular weight excluding hydrogens is 305 g/mol. The van der Waals surface area contributed by atoms with Crippen LogP contribution < -0.4 is 5.32 Å². The number of pyridine rings is 1. The predicted molar refractivity (Wildman–Crippen MR) is 93.8 cm³/mol. The van der Waals surface area contributed by atoms with Crippen molar-refractivity contribution in [3.05, 3.63) is 58.3 Å². The van der Waals surface area contributed by atoms with E-state index in [1.165, 1.54) is 12.1 Å². The second-order valence-corrected chi connectivity index (χ2v) is 6.18. The van der Waals surface area contributed by atoms with E-state index >= 15 is 0 Å². The number of carbonyl (C=O) groups excluding carboxylic acids is 1. The van der Waals surface area contributed by atoms with Crippen LogP contribution in [0.1, 0.15) is 28.2 Å². The van der Waals surface area contributed by atoms with Crippen LogP contribution in [0.5, 0.6) is 0 Å². The summed E-state index contributed by atoms with van der Waals surface area (Å²) in [6.07, 6.45) is 0.183. The first-order valence-electron chi connectivity index (χ1n) is 7.86. The standard InChI is InChI=1S/C19H20FN3O/c1-10-7-11(2)21-13(4)19(10)23-18(24)9-15-12(3)22-17-6-5-14(20)8-16(15)17/h5-8,22H,9H2,1-4H3,(H,23,24). The van der Waals surface area contributed by atoms with E-state index in [-0.39, 0.29) is 18.1 Å². The van der Waals surface area contributed by atoms with Crippen molar-refractivity contribution in [3.63, 3.8) is 0 Å². The third-order valence-electron chi connectivity index (χ3n) is 4.21. The Balaban J connectivity index is 1.88. The molecule has 1 amide bonds. The lowest BCUT2D eigenvalue weighted by atomic mass is 10.1. The van der Waals surface area contributed by atoms with Gasteiger partial charge in [0, 0.05) is 22.3 Å². The van der Waals surface area contributed by atoms with Crippen molar-refractivity contribution in [2.75, 3.05) is 5.32 Å². The van der Waals surface area contributed by atoms with Crippen molar-refractivity contribution in [2.24, 2.45) is 0 Å². The fourth-order valence-electron chi connectivity index (χ4n) is 3.14. The van der Waals surface area contributed by atoms with E-state index in [1.54, 1.807) is 6.07 Å². The van der Waals surface area contributed by atoms with Gasteiger partial charge in [0.1, 0.15) is 5.82 Å². The fourth-order valence-corrected chi connectivity index (χ4v) is 3.14. The molecule has 0 bridgehead atoms. The number of amides is 1. The normalized spacial score (nSPS) is 11.0. The largest absolute Gasteiger partial charge is 0.358 e. The van der Waals surface area contributed by atoms with Gasteiger partial charge >= 0.3 is 0 Å². The average Bonchev–Trinajstić information content (AvgIpc) is 2.79. The summed E-state index contributed by atoms with van der Waals surface area (Å²) in [4.78, 5) is 20.1. The molecule has 0 saturated carbocycles. The molecule has 5 heteroatoms. The number of halogens is 1. The van der Waals surface area contributed by atoms with Crippen LogP contribution in [0.3, 0.4) is 0 Å². The maximum Gasteiger partial charge on any atom is 0.228 e. The summed E-state index contributed by atoms with van der Waals surface area (Å²) in [5.41, 5.74) is 5.97. The van der Waals surface area contributed by atoms with Gasteiger partial charge in [-0.3, -0.25) is 9.78 Å². The molecule has 0 atom stereocenters. The van der Waals surface area contributed by atoms with Gasteiger partial charge in [-0.05, 0) is 63.1 Å². The number of hydrogen-bond donors (Lipinski definition) is 2. The Morgan fingerprint density at radius 2 is 1.96 bits per heavy atom. The van der Waals surface area contributed by atoms with Gasteiger partial charge in [0.15, 0.2) is 0 Å². The number of carbonyl (C=O) groups is 1. The summed E-state index contributed by atoms with van der Waals surface area (Å²) in [6.45, 7) is 7.64. The van der Waals surface area contributed by atoms with Gasteiger partial charge in [-0.15, -0.1) is 0 Å². The number of H-pyrrole nitrogens is 1. The first kappa shape index (κ1) is 16.2. The summed E-state index contributed by atoms with van der Waals surface area (Å²) in [5, 5.41) is 3.69. The van der Waals surface area contributed by atoms with Crippen LogP contribution >= 0.6 is 0 Å². The average molecular weight is 325 g/mol. The van der Waals surface area contributed by atoms with Crippen LogP contribution in [0.2, 0.25) is 0 Å². The van der Waals surface area contributed by atoms with E-state index in [9.17, 15) is 9.18 Å². The van der Waals surface area contributed by atoms with Crippen LogP contribution in [-0.2, 0) is 11.2 Å². The first-order valence-corrected chi connectivity index (χ1v) is 7.86. The number of aromatic nitrogens is 2. The van der Waals surface area contributed by atoms with Crippen molar-refractivity contribution < 1.29 is 9.18 Å².